The molecular formula is C17H16F3NO3. The van der Waals surface area contributed by atoms with Crippen molar-refractivity contribution in [3.05, 3.63) is 59.9 Å². The first-order valence-electron chi connectivity index (χ1n) is 7.16. The third-order valence-electron chi connectivity index (χ3n) is 3.17. The summed E-state index contributed by atoms with van der Waals surface area (Å²) in [5.74, 6) is -0.320. The number of rotatable bonds is 7. The summed E-state index contributed by atoms with van der Waals surface area (Å²) >= 11 is 0. The summed E-state index contributed by atoms with van der Waals surface area (Å²) in [7, 11) is 0. The molecule has 0 heterocycles. The number of amides is 1. The minimum atomic E-state index is -2.88. The molecule has 128 valence electrons. The van der Waals surface area contributed by atoms with Gasteiger partial charge in [0.2, 0.25) is 0 Å². The van der Waals surface area contributed by atoms with Crippen LogP contribution in [0.15, 0.2) is 48.5 Å². The highest BCUT2D eigenvalue weighted by Gasteiger charge is 2.11. The highest BCUT2D eigenvalue weighted by Crippen LogP contribution is 2.19. The molecule has 0 aliphatic carbocycles. The van der Waals surface area contributed by atoms with Gasteiger partial charge in [0.15, 0.2) is 6.61 Å². The number of carbonyl (C=O) groups is 1. The molecule has 0 radical (unpaired) electrons. The highest BCUT2D eigenvalue weighted by molar-refractivity contribution is 5.78. The third-order valence-corrected chi connectivity index (χ3v) is 3.17. The van der Waals surface area contributed by atoms with Gasteiger partial charge in [-0.05, 0) is 48.9 Å². The van der Waals surface area contributed by atoms with E-state index in [0.717, 1.165) is 5.56 Å². The fourth-order valence-electron chi connectivity index (χ4n) is 1.98. The highest BCUT2D eigenvalue weighted by atomic mass is 19.3. The van der Waals surface area contributed by atoms with Gasteiger partial charge < -0.3 is 14.8 Å². The van der Waals surface area contributed by atoms with Crippen LogP contribution in [-0.4, -0.2) is 19.1 Å². The first-order valence-corrected chi connectivity index (χ1v) is 7.16. The van der Waals surface area contributed by atoms with Gasteiger partial charge in [-0.25, -0.2) is 4.39 Å². The zero-order chi connectivity index (χ0) is 17.5. The van der Waals surface area contributed by atoms with E-state index in [0.29, 0.717) is 5.75 Å². The molecule has 2 aromatic carbocycles. The van der Waals surface area contributed by atoms with E-state index in [1.165, 1.54) is 36.4 Å². The maximum Gasteiger partial charge on any atom is 0.387 e. The Balaban J connectivity index is 1.83. The summed E-state index contributed by atoms with van der Waals surface area (Å²) in [6.07, 6.45) is 0. The summed E-state index contributed by atoms with van der Waals surface area (Å²) < 4.78 is 46.4. The van der Waals surface area contributed by atoms with Crippen molar-refractivity contribution in [3.63, 3.8) is 0 Å². The number of ether oxygens (including phenoxy) is 2. The zero-order valence-corrected chi connectivity index (χ0v) is 12.8. The van der Waals surface area contributed by atoms with Gasteiger partial charge in [-0.3, -0.25) is 4.79 Å². The fourth-order valence-corrected chi connectivity index (χ4v) is 1.98. The molecule has 0 saturated carbocycles. The lowest BCUT2D eigenvalue weighted by atomic mass is 10.1. The van der Waals surface area contributed by atoms with Crippen molar-refractivity contribution in [2.45, 2.75) is 19.6 Å². The second-order valence-corrected chi connectivity index (χ2v) is 4.98. The van der Waals surface area contributed by atoms with Crippen LogP contribution >= 0.6 is 0 Å². The number of nitrogens with one attached hydrogen (secondary N) is 1. The average Bonchev–Trinajstić information content (AvgIpc) is 2.54. The minimum absolute atomic E-state index is 0.0481. The maximum atomic E-state index is 12.8. The van der Waals surface area contributed by atoms with Crippen LogP contribution in [0.25, 0.3) is 0 Å². The van der Waals surface area contributed by atoms with E-state index in [1.54, 1.807) is 19.1 Å². The number of carbonyl (C=O) groups excluding carboxylic acids is 1. The van der Waals surface area contributed by atoms with Crippen molar-refractivity contribution in [2.24, 2.45) is 0 Å². The van der Waals surface area contributed by atoms with Gasteiger partial charge in [0, 0.05) is 0 Å². The molecule has 24 heavy (non-hydrogen) atoms. The first kappa shape index (κ1) is 17.7. The van der Waals surface area contributed by atoms with Gasteiger partial charge in [0.1, 0.15) is 17.3 Å². The van der Waals surface area contributed by atoms with Crippen LogP contribution in [0.3, 0.4) is 0 Å². The Morgan fingerprint density at radius 3 is 2.21 bits per heavy atom. The van der Waals surface area contributed by atoms with E-state index >= 15 is 0 Å². The van der Waals surface area contributed by atoms with E-state index in [1.807, 2.05) is 0 Å². The van der Waals surface area contributed by atoms with Crippen LogP contribution in [0, 0.1) is 5.82 Å². The fraction of sp³-hybridized carbons (Fsp3) is 0.235. The van der Waals surface area contributed by atoms with Crippen molar-refractivity contribution in [1.82, 2.24) is 5.32 Å². The van der Waals surface area contributed by atoms with Crippen LogP contribution in [-0.2, 0) is 4.79 Å². The second kappa shape index (κ2) is 8.24. The van der Waals surface area contributed by atoms with Gasteiger partial charge in [0.25, 0.3) is 5.91 Å². The molecule has 0 aliphatic rings. The number of halogens is 3. The predicted molar refractivity (Wildman–Crippen MR) is 81.5 cm³/mol. The Morgan fingerprint density at radius 1 is 1.04 bits per heavy atom. The lowest BCUT2D eigenvalue weighted by Crippen LogP contribution is -2.31. The molecule has 2 rings (SSSR count). The summed E-state index contributed by atoms with van der Waals surface area (Å²) in [6, 6.07) is 11.0. The minimum Gasteiger partial charge on any atom is -0.484 e. The average molecular weight is 339 g/mol. The molecule has 7 heteroatoms. The summed E-state index contributed by atoms with van der Waals surface area (Å²) in [6.45, 7) is -1.35. The van der Waals surface area contributed by atoms with Crippen molar-refractivity contribution in [2.75, 3.05) is 6.61 Å². The molecule has 0 saturated heterocycles. The molecule has 1 unspecified atom stereocenters. The number of alkyl halides is 2. The van der Waals surface area contributed by atoms with Crippen molar-refractivity contribution < 1.29 is 27.4 Å². The smallest absolute Gasteiger partial charge is 0.387 e. The normalized spacial score (nSPS) is 11.9. The van der Waals surface area contributed by atoms with Crippen LogP contribution in [0.5, 0.6) is 11.5 Å². The SMILES string of the molecule is CC(NC(=O)COc1ccc(F)cc1)c1ccc(OC(F)F)cc1. The molecule has 0 fully saturated rings. The van der Waals surface area contributed by atoms with Crippen molar-refractivity contribution in [1.29, 1.82) is 0 Å². The van der Waals surface area contributed by atoms with Gasteiger partial charge >= 0.3 is 6.61 Å². The zero-order valence-electron chi connectivity index (χ0n) is 12.8. The van der Waals surface area contributed by atoms with E-state index in [4.69, 9.17) is 4.74 Å². The second-order valence-electron chi connectivity index (χ2n) is 4.98. The standard InChI is InChI=1S/C17H16F3NO3/c1-11(12-2-6-15(7-3-12)24-17(19)20)21-16(22)10-23-14-8-4-13(18)5-9-14/h2-9,11,17H,10H2,1H3,(H,21,22). The van der Waals surface area contributed by atoms with E-state index in [9.17, 15) is 18.0 Å². The van der Waals surface area contributed by atoms with Crippen molar-refractivity contribution >= 4 is 5.91 Å². The largest absolute Gasteiger partial charge is 0.484 e. The Morgan fingerprint density at radius 2 is 1.62 bits per heavy atom. The molecule has 2 aromatic rings. The van der Waals surface area contributed by atoms with Crippen LogP contribution in [0.1, 0.15) is 18.5 Å². The Kier molecular flexibility index (Phi) is 6.06. The molecule has 1 atom stereocenters. The van der Waals surface area contributed by atoms with Gasteiger partial charge in [-0.1, -0.05) is 12.1 Å². The first-order chi connectivity index (χ1) is 11.4. The molecule has 1 amide bonds. The molecule has 4 nitrogen and oxygen atoms in total. The summed E-state index contributed by atoms with van der Waals surface area (Å²) in [5, 5.41) is 2.71. The monoisotopic (exact) mass is 339 g/mol. The van der Waals surface area contributed by atoms with Gasteiger partial charge in [-0.15, -0.1) is 0 Å². The van der Waals surface area contributed by atoms with Crippen LogP contribution in [0.2, 0.25) is 0 Å². The molecule has 0 aromatic heterocycles. The van der Waals surface area contributed by atoms with Crippen LogP contribution in [0.4, 0.5) is 13.2 Å². The molecule has 1 N–H and O–H groups in total. The summed E-state index contributed by atoms with van der Waals surface area (Å²) in [4.78, 5) is 11.8. The molecule has 0 bridgehead atoms. The maximum absolute atomic E-state index is 12.8. The Labute approximate surface area is 137 Å². The topological polar surface area (TPSA) is 47.6 Å². The van der Waals surface area contributed by atoms with Crippen LogP contribution < -0.4 is 14.8 Å². The van der Waals surface area contributed by atoms with Gasteiger partial charge in [-0.2, -0.15) is 8.78 Å². The van der Waals surface area contributed by atoms with E-state index in [2.05, 4.69) is 10.1 Å². The Hall–Kier alpha value is -2.70. The lowest BCUT2D eigenvalue weighted by molar-refractivity contribution is -0.123. The number of hydrogen-bond donors (Lipinski definition) is 1. The molecule has 0 spiro atoms. The molecule has 0 aliphatic heterocycles. The van der Waals surface area contributed by atoms with E-state index < -0.39 is 6.61 Å². The van der Waals surface area contributed by atoms with E-state index in [-0.39, 0.29) is 30.1 Å². The molecular weight excluding hydrogens is 323 g/mol. The third kappa shape index (κ3) is 5.49. The van der Waals surface area contributed by atoms with Gasteiger partial charge in [0.05, 0.1) is 6.04 Å². The summed E-state index contributed by atoms with van der Waals surface area (Å²) in [5.41, 5.74) is 0.728. The lowest BCUT2D eigenvalue weighted by Gasteiger charge is -2.15. The quantitative estimate of drug-likeness (QED) is 0.837. The van der Waals surface area contributed by atoms with Crippen molar-refractivity contribution in [3.8, 4) is 11.5 Å². The predicted octanol–water partition coefficient (Wildman–Crippen LogP) is 3.68. The Bertz CT molecular complexity index is 660. The number of benzene rings is 2. The number of hydrogen-bond acceptors (Lipinski definition) is 3.